The Kier molecular flexibility index (Phi) is 3.93. The molecule has 0 saturated carbocycles. The van der Waals surface area contributed by atoms with Gasteiger partial charge in [-0.25, -0.2) is 8.42 Å². The lowest BCUT2D eigenvalue weighted by atomic mass is 10.1. The Morgan fingerprint density at radius 2 is 2.12 bits per heavy atom. The molecular formula is C10H15ClN2O2S. The molecule has 4 nitrogen and oxygen atoms in total. The second-order valence-corrected chi connectivity index (χ2v) is 6.34. The first-order valence-electron chi connectivity index (χ1n) is 4.77. The van der Waals surface area contributed by atoms with E-state index in [2.05, 4.69) is 4.98 Å². The zero-order valence-corrected chi connectivity index (χ0v) is 11.1. The van der Waals surface area contributed by atoms with Crippen molar-refractivity contribution in [1.29, 1.82) is 0 Å². The van der Waals surface area contributed by atoms with Crippen LogP contribution in [0.2, 0.25) is 0 Å². The second kappa shape index (κ2) is 4.69. The average molecular weight is 263 g/mol. The van der Waals surface area contributed by atoms with Crippen LogP contribution in [0, 0.1) is 0 Å². The van der Waals surface area contributed by atoms with E-state index in [0.29, 0.717) is 0 Å². The number of aromatic nitrogens is 1. The fourth-order valence-corrected chi connectivity index (χ4v) is 2.79. The smallest absolute Gasteiger partial charge is 0.244 e. The first-order valence-corrected chi connectivity index (χ1v) is 6.75. The summed E-state index contributed by atoms with van der Waals surface area (Å²) in [6, 6.07) is 3.11. The first kappa shape index (κ1) is 13.4. The highest BCUT2D eigenvalue weighted by molar-refractivity contribution is 7.89. The minimum Gasteiger partial charge on any atom is -0.263 e. The van der Waals surface area contributed by atoms with Gasteiger partial charge in [0.25, 0.3) is 0 Å². The highest BCUT2D eigenvalue weighted by atomic mass is 35.5. The third-order valence-electron chi connectivity index (χ3n) is 2.47. The summed E-state index contributed by atoms with van der Waals surface area (Å²) < 4.78 is 25.6. The molecule has 16 heavy (non-hydrogen) atoms. The van der Waals surface area contributed by atoms with E-state index in [1.54, 1.807) is 19.9 Å². The number of halogens is 1. The number of rotatable bonds is 4. The highest BCUT2D eigenvalue weighted by Gasteiger charge is 2.33. The van der Waals surface area contributed by atoms with Gasteiger partial charge in [0.15, 0.2) is 0 Å². The summed E-state index contributed by atoms with van der Waals surface area (Å²) in [6.45, 7) is 3.54. The van der Waals surface area contributed by atoms with Crippen molar-refractivity contribution < 1.29 is 8.42 Å². The quantitative estimate of drug-likeness (QED) is 0.777. The summed E-state index contributed by atoms with van der Waals surface area (Å²) in [7, 11) is -2.00. The fraction of sp³-hybridized carbons (Fsp3) is 0.500. The molecule has 0 radical (unpaired) electrons. The maximum Gasteiger partial charge on any atom is 0.244 e. The zero-order valence-electron chi connectivity index (χ0n) is 9.51. The van der Waals surface area contributed by atoms with Crippen LogP contribution in [-0.4, -0.2) is 36.2 Å². The summed E-state index contributed by atoms with van der Waals surface area (Å²) in [5.41, 5.74) is -0.629. The number of hydrogen-bond acceptors (Lipinski definition) is 3. The van der Waals surface area contributed by atoms with Gasteiger partial charge in [-0.2, -0.15) is 4.31 Å². The van der Waals surface area contributed by atoms with Crippen LogP contribution >= 0.6 is 11.6 Å². The molecule has 0 aliphatic carbocycles. The van der Waals surface area contributed by atoms with Crippen molar-refractivity contribution >= 4 is 21.6 Å². The van der Waals surface area contributed by atoms with Crippen molar-refractivity contribution in [2.45, 2.75) is 24.3 Å². The van der Waals surface area contributed by atoms with Crippen LogP contribution in [0.1, 0.15) is 13.8 Å². The lowest BCUT2D eigenvalue weighted by Gasteiger charge is -2.32. The van der Waals surface area contributed by atoms with E-state index in [1.165, 1.54) is 29.8 Å². The Morgan fingerprint density at radius 1 is 1.50 bits per heavy atom. The van der Waals surface area contributed by atoms with Gasteiger partial charge in [0.05, 0.1) is 0 Å². The van der Waals surface area contributed by atoms with Crippen molar-refractivity contribution in [2.24, 2.45) is 0 Å². The molecule has 0 atom stereocenters. The van der Waals surface area contributed by atoms with Gasteiger partial charge in [0.2, 0.25) is 10.0 Å². The average Bonchev–Trinajstić information content (AvgIpc) is 2.29. The molecule has 0 aliphatic rings. The van der Waals surface area contributed by atoms with Gasteiger partial charge < -0.3 is 0 Å². The molecule has 0 spiro atoms. The predicted octanol–water partition coefficient (Wildman–Crippen LogP) is 1.72. The Bertz CT molecular complexity index is 445. The maximum atomic E-state index is 12.2. The van der Waals surface area contributed by atoms with Gasteiger partial charge in [0, 0.05) is 30.9 Å². The van der Waals surface area contributed by atoms with Crippen LogP contribution in [0.4, 0.5) is 0 Å². The molecule has 0 aliphatic heterocycles. The predicted molar refractivity (Wildman–Crippen MR) is 64.0 cm³/mol. The normalized spacial score (nSPS) is 13.1. The fourth-order valence-electron chi connectivity index (χ4n) is 1.07. The molecule has 0 bridgehead atoms. The second-order valence-electron chi connectivity index (χ2n) is 4.11. The van der Waals surface area contributed by atoms with Crippen LogP contribution in [0.25, 0.3) is 0 Å². The number of pyridine rings is 1. The van der Waals surface area contributed by atoms with Gasteiger partial charge >= 0.3 is 0 Å². The molecule has 0 aromatic carbocycles. The number of hydrogen-bond donors (Lipinski definition) is 0. The first-order chi connectivity index (χ1) is 7.32. The van der Waals surface area contributed by atoms with Crippen molar-refractivity contribution in [3.05, 3.63) is 24.5 Å². The van der Waals surface area contributed by atoms with E-state index in [0.717, 1.165) is 0 Å². The van der Waals surface area contributed by atoms with Gasteiger partial charge in [-0.3, -0.25) is 4.98 Å². The van der Waals surface area contributed by atoms with Crippen molar-refractivity contribution in [2.75, 3.05) is 12.9 Å². The molecule has 1 rings (SSSR count). The summed E-state index contributed by atoms with van der Waals surface area (Å²) >= 11 is 5.76. The molecule has 1 aromatic rings. The van der Waals surface area contributed by atoms with E-state index >= 15 is 0 Å². The zero-order chi connectivity index (χ0) is 12.4. The van der Waals surface area contributed by atoms with Crippen LogP contribution < -0.4 is 0 Å². The van der Waals surface area contributed by atoms with E-state index in [-0.39, 0.29) is 10.8 Å². The maximum absolute atomic E-state index is 12.2. The minimum absolute atomic E-state index is 0.177. The van der Waals surface area contributed by atoms with Gasteiger partial charge in [-0.15, -0.1) is 11.6 Å². The third kappa shape index (κ3) is 2.53. The molecular weight excluding hydrogens is 248 g/mol. The van der Waals surface area contributed by atoms with E-state index in [1.807, 2.05) is 0 Å². The van der Waals surface area contributed by atoms with Crippen LogP contribution in [0.3, 0.4) is 0 Å². The third-order valence-corrected chi connectivity index (χ3v) is 5.18. The van der Waals surface area contributed by atoms with Crippen molar-refractivity contribution in [3.63, 3.8) is 0 Å². The molecule has 90 valence electrons. The van der Waals surface area contributed by atoms with Crippen molar-refractivity contribution in [3.8, 4) is 0 Å². The summed E-state index contributed by atoms with van der Waals surface area (Å²) in [6.07, 6.45) is 2.86. The number of nitrogens with zero attached hydrogens (tertiary/aromatic N) is 2. The minimum atomic E-state index is -3.52. The summed E-state index contributed by atoms with van der Waals surface area (Å²) in [4.78, 5) is 3.98. The van der Waals surface area contributed by atoms with Gasteiger partial charge in [-0.1, -0.05) is 0 Å². The van der Waals surface area contributed by atoms with Crippen LogP contribution in [0.15, 0.2) is 29.4 Å². The Hall–Kier alpha value is -0.650. The van der Waals surface area contributed by atoms with E-state index in [9.17, 15) is 8.42 Å². The van der Waals surface area contributed by atoms with Crippen LogP contribution in [-0.2, 0) is 10.0 Å². The lowest BCUT2D eigenvalue weighted by molar-refractivity contribution is 0.296. The highest BCUT2D eigenvalue weighted by Crippen LogP contribution is 2.22. The molecule has 6 heteroatoms. The summed E-state index contributed by atoms with van der Waals surface area (Å²) in [5.74, 6) is 0.225. The molecule has 1 aromatic heterocycles. The van der Waals surface area contributed by atoms with E-state index in [4.69, 9.17) is 11.6 Å². The Morgan fingerprint density at radius 3 is 2.56 bits per heavy atom. The molecule has 0 amide bonds. The molecule has 0 saturated heterocycles. The van der Waals surface area contributed by atoms with Crippen molar-refractivity contribution in [1.82, 2.24) is 9.29 Å². The Balaban J connectivity index is 3.14. The molecule has 1 heterocycles. The monoisotopic (exact) mass is 262 g/mol. The lowest BCUT2D eigenvalue weighted by Crippen LogP contribution is -2.46. The molecule has 0 unspecified atom stereocenters. The topological polar surface area (TPSA) is 50.3 Å². The van der Waals surface area contributed by atoms with Crippen LogP contribution in [0.5, 0.6) is 0 Å². The van der Waals surface area contributed by atoms with E-state index < -0.39 is 15.6 Å². The van der Waals surface area contributed by atoms with Gasteiger partial charge in [0.1, 0.15) is 4.90 Å². The number of sulfonamides is 1. The number of alkyl halides is 1. The van der Waals surface area contributed by atoms with Gasteiger partial charge in [-0.05, 0) is 26.0 Å². The Labute approximate surface area is 101 Å². The molecule has 0 N–H and O–H groups in total. The largest absolute Gasteiger partial charge is 0.263 e. The summed E-state index contributed by atoms with van der Waals surface area (Å²) in [5, 5.41) is 0. The SMILES string of the molecule is CN(C(C)(C)CCl)S(=O)(=O)c1cccnc1. The molecule has 0 fully saturated rings. The standard InChI is InChI=1S/C10H15ClN2O2S/c1-10(2,8-11)13(3)16(14,15)9-5-4-6-12-7-9/h4-7H,8H2,1-3H3.